The van der Waals surface area contributed by atoms with Gasteiger partial charge in [0.25, 0.3) is 0 Å². The maximum Gasteiger partial charge on any atom is 0.216 e. The highest BCUT2D eigenvalue weighted by molar-refractivity contribution is 7.71. The van der Waals surface area contributed by atoms with Gasteiger partial charge in [-0.1, -0.05) is 35.9 Å². The minimum absolute atomic E-state index is 0.305. The van der Waals surface area contributed by atoms with Crippen LogP contribution in [-0.2, 0) is 0 Å². The molecule has 4 nitrogen and oxygen atoms in total. The summed E-state index contributed by atoms with van der Waals surface area (Å²) < 4.78 is 27.9. The zero-order chi connectivity index (χ0) is 16.4. The van der Waals surface area contributed by atoms with Crippen LogP contribution < -0.4 is 0 Å². The zero-order valence-corrected chi connectivity index (χ0v) is 12.9. The first-order valence-corrected chi connectivity index (χ1v) is 7.19. The van der Waals surface area contributed by atoms with Crippen LogP contribution in [0.4, 0.5) is 8.78 Å². The Morgan fingerprint density at radius 3 is 2.57 bits per heavy atom. The van der Waals surface area contributed by atoms with Gasteiger partial charge in [0.15, 0.2) is 17.5 Å². The molecule has 116 valence electrons. The van der Waals surface area contributed by atoms with Gasteiger partial charge < -0.3 is 0 Å². The van der Waals surface area contributed by atoms with Crippen molar-refractivity contribution in [3.05, 3.63) is 70.0 Å². The van der Waals surface area contributed by atoms with Crippen LogP contribution in [0, 0.1) is 23.3 Å². The van der Waals surface area contributed by atoms with Crippen LogP contribution in [0.5, 0.6) is 0 Å². The molecule has 1 heterocycles. The maximum absolute atomic E-state index is 13.2. The van der Waals surface area contributed by atoms with Gasteiger partial charge in [0, 0.05) is 5.56 Å². The van der Waals surface area contributed by atoms with Gasteiger partial charge in [-0.15, -0.1) is 0 Å². The second-order valence-corrected chi connectivity index (χ2v) is 5.34. The molecular weight excluding hydrogens is 318 g/mol. The fourth-order valence-electron chi connectivity index (χ4n) is 2.01. The fraction of sp³-hybridized carbons (Fsp3) is 0.0625. The average Bonchev–Trinajstić information content (AvgIpc) is 2.90. The predicted octanol–water partition coefficient (Wildman–Crippen LogP) is 4.08. The van der Waals surface area contributed by atoms with Crippen LogP contribution in [0.3, 0.4) is 0 Å². The monoisotopic (exact) mass is 330 g/mol. The summed E-state index contributed by atoms with van der Waals surface area (Å²) in [6.45, 7) is 1.99. The highest BCUT2D eigenvalue weighted by atomic mass is 32.1. The SMILES string of the molecule is Cc1ccc(-c2n[nH]c(=S)n2/N=C\c2ccc(F)c(F)c2)cc1. The lowest BCUT2D eigenvalue weighted by atomic mass is 10.1. The molecule has 0 bridgehead atoms. The fourth-order valence-corrected chi connectivity index (χ4v) is 2.18. The van der Waals surface area contributed by atoms with Gasteiger partial charge in [0.2, 0.25) is 4.77 Å². The predicted molar refractivity (Wildman–Crippen MR) is 86.9 cm³/mol. The Labute approximate surface area is 136 Å². The smallest absolute Gasteiger partial charge is 0.216 e. The first-order chi connectivity index (χ1) is 11.0. The van der Waals surface area contributed by atoms with E-state index < -0.39 is 11.6 Å². The quantitative estimate of drug-likeness (QED) is 0.581. The van der Waals surface area contributed by atoms with E-state index in [1.807, 2.05) is 31.2 Å². The van der Waals surface area contributed by atoms with E-state index in [0.29, 0.717) is 16.2 Å². The summed E-state index contributed by atoms with van der Waals surface area (Å²) in [5, 5.41) is 11.0. The number of rotatable bonds is 3. The standard InChI is InChI=1S/C16H12F2N4S/c1-10-2-5-12(6-3-10)15-20-21-16(23)22(15)19-9-11-4-7-13(17)14(18)8-11/h2-9H,1H3,(H,21,23)/b19-9-. The number of nitrogens with zero attached hydrogens (tertiary/aromatic N) is 3. The molecule has 0 spiro atoms. The molecule has 0 aliphatic carbocycles. The first-order valence-electron chi connectivity index (χ1n) is 6.78. The van der Waals surface area contributed by atoms with Crippen LogP contribution in [-0.4, -0.2) is 21.1 Å². The third kappa shape index (κ3) is 3.24. The third-order valence-electron chi connectivity index (χ3n) is 3.23. The number of aromatic amines is 1. The number of benzene rings is 2. The van der Waals surface area contributed by atoms with Crippen LogP contribution in [0.25, 0.3) is 11.4 Å². The molecule has 0 fully saturated rings. The number of H-pyrrole nitrogens is 1. The molecule has 0 aliphatic rings. The zero-order valence-electron chi connectivity index (χ0n) is 12.1. The third-order valence-corrected chi connectivity index (χ3v) is 3.49. The number of aryl methyl sites for hydroxylation is 1. The van der Waals surface area contributed by atoms with Gasteiger partial charge in [-0.2, -0.15) is 14.9 Å². The molecule has 1 N–H and O–H groups in total. The van der Waals surface area contributed by atoms with Crippen molar-refractivity contribution in [3.8, 4) is 11.4 Å². The van der Waals surface area contributed by atoms with E-state index in [1.54, 1.807) is 0 Å². The average molecular weight is 330 g/mol. The molecule has 0 saturated heterocycles. The van der Waals surface area contributed by atoms with Gasteiger partial charge in [0.05, 0.1) is 6.21 Å². The van der Waals surface area contributed by atoms with E-state index >= 15 is 0 Å². The second-order valence-electron chi connectivity index (χ2n) is 4.95. The number of hydrogen-bond donors (Lipinski definition) is 1. The van der Waals surface area contributed by atoms with Crippen LogP contribution in [0.2, 0.25) is 0 Å². The van der Waals surface area contributed by atoms with Crippen molar-refractivity contribution in [2.45, 2.75) is 6.92 Å². The minimum Gasteiger partial charge on any atom is -0.250 e. The number of nitrogens with one attached hydrogen (secondary N) is 1. The number of hydrogen-bond acceptors (Lipinski definition) is 3. The molecule has 0 radical (unpaired) electrons. The first kappa shape index (κ1) is 15.2. The Balaban J connectivity index is 1.98. The molecule has 0 unspecified atom stereocenters. The van der Waals surface area contributed by atoms with Gasteiger partial charge in [-0.3, -0.25) is 0 Å². The summed E-state index contributed by atoms with van der Waals surface area (Å²) >= 11 is 5.16. The van der Waals surface area contributed by atoms with E-state index in [-0.39, 0.29) is 0 Å². The lowest BCUT2D eigenvalue weighted by molar-refractivity contribution is 0.508. The molecule has 0 saturated carbocycles. The van der Waals surface area contributed by atoms with Crippen LogP contribution in [0.15, 0.2) is 47.6 Å². The van der Waals surface area contributed by atoms with Crippen molar-refractivity contribution in [2.75, 3.05) is 0 Å². The summed E-state index contributed by atoms with van der Waals surface area (Å²) in [4.78, 5) is 0. The van der Waals surface area contributed by atoms with Gasteiger partial charge in [-0.25, -0.2) is 13.9 Å². The van der Waals surface area contributed by atoms with Crippen molar-refractivity contribution in [1.82, 2.24) is 14.9 Å². The minimum atomic E-state index is -0.927. The molecule has 0 atom stereocenters. The van der Waals surface area contributed by atoms with Gasteiger partial charge in [0.1, 0.15) is 0 Å². The molecular formula is C16H12F2N4S. The molecule has 0 aliphatic heterocycles. The molecule has 1 aromatic heterocycles. The molecule has 3 rings (SSSR count). The summed E-state index contributed by atoms with van der Waals surface area (Å²) in [6, 6.07) is 11.3. The van der Waals surface area contributed by atoms with E-state index in [1.165, 1.54) is 17.0 Å². The van der Waals surface area contributed by atoms with Gasteiger partial charge >= 0.3 is 0 Å². The van der Waals surface area contributed by atoms with Crippen LogP contribution in [0.1, 0.15) is 11.1 Å². The Kier molecular flexibility index (Phi) is 4.12. The Morgan fingerprint density at radius 1 is 1.13 bits per heavy atom. The molecule has 23 heavy (non-hydrogen) atoms. The molecule has 0 amide bonds. The second kappa shape index (κ2) is 6.21. The Bertz CT molecular complexity index is 926. The highest BCUT2D eigenvalue weighted by Crippen LogP contribution is 2.18. The van der Waals surface area contributed by atoms with E-state index in [4.69, 9.17) is 12.2 Å². The topological polar surface area (TPSA) is 46.0 Å². The van der Waals surface area contributed by atoms with Crippen molar-refractivity contribution in [2.24, 2.45) is 5.10 Å². The Morgan fingerprint density at radius 2 is 1.87 bits per heavy atom. The summed E-state index contributed by atoms with van der Waals surface area (Å²) in [5.41, 5.74) is 2.38. The highest BCUT2D eigenvalue weighted by Gasteiger charge is 2.08. The van der Waals surface area contributed by atoms with Gasteiger partial charge in [-0.05, 0) is 36.8 Å². The van der Waals surface area contributed by atoms with E-state index in [0.717, 1.165) is 23.3 Å². The molecule has 7 heteroatoms. The lowest BCUT2D eigenvalue weighted by Gasteiger charge is -2.01. The van der Waals surface area contributed by atoms with E-state index in [2.05, 4.69) is 15.3 Å². The van der Waals surface area contributed by atoms with Crippen molar-refractivity contribution in [3.63, 3.8) is 0 Å². The number of aromatic nitrogens is 3. The van der Waals surface area contributed by atoms with E-state index in [9.17, 15) is 8.78 Å². The summed E-state index contributed by atoms with van der Waals surface area (Å²) in [5.74, 6) is -1.29. The summed E-state index contributed by atoms with van der Waals surface area (Å²) in [7, 11) is 0. The largest absolute Gasteiger partial charge is 0.250 e. The normalized spacial score (nSPS) is 11.3. The molecule has 2 aromatic carbocycles. The number of halogens is 2. The molecule has 3 aromatic rings. The lowest BCUT2D eigenvalue weighted by Crippen LogP contribution is -1.96. The van der Waals surface area contributed by atoms with Crippen molar-refractivity contribution < 1.29 is 8.78 Å². The summed E-state index contributed by atoms with van der Waals surface area (Å²) in [6.07, 6.45) is 1.39. The van der Waals surface area contributed by atoms with Crippen LogP contribution >= 0.6 is 12.2 Å². The van der Waals surface area contributed by atoms with Crippen molar-refractivity contribution in [1.29, 1.82) is 0 Å². The van der Waals surface area contributed by atoms with Crippen molar-refractivity contribution >= 4 is 18.4 Å². The maximum atomic E-state index is 13.2. The Hall–Kier alpha value is -2.67.